The van der Waals surface area contributed by atoms with Gasteiger partial charge in [0.2, 0.25) is 5.91 Å². The van der Waals surface area contributed by atoms with E-state index in [1.54, 1.807) is 30.6 Å². The zero-order valence-corrected chi connectivity index (χ0v) is 15.0. The number of rotatable bonds is 5. The first-order chi connectivity index (χ1) is 11.8. The van der Waals surface area contributed by atoms with E-state index in [1.807, 2.05) is 0 Å². The maximum atomic E-state index is 12.3. The van der Waals surface area contributed by atoms with Crippen LogP contribution >= 0.6 is 0 Å². The highest BCUT2D eigenvalue weighted by Crippen LogP contribution is 2.17. The van der Waals surface area contributed by atoms with Crippen LogP contribution in [0.15, 0.2) is 0 Å². The highest BCUT2D eigenvalue weighted by atomic mass is 16.6. The van der Waals surface area contributed by atoms with Crippen molar-refractivity contribution in [2.24, 2.45) is 0 Å². The summed E-state index contributed by atoms with van der Waals surface area (Å²) in [5.41, 5.74) is -0.884. The first kappa shape index (κ1) is 19.0. The Labute approximate surface area is 147 Å². The van der Waals surface area contributed by atoms with Crippen molar-refractivity contribution < 1.29 is 23.9 Å². The molecule has 1 N–H and O–H groups in total. The predicted octanol–water partition coefficient (Wildman–Crippen LogP) is 0.398. The number of nitrogens with one attached hydrogen (secondary N) is 1. The van der Waals surface area contributed by atoms with Crippen LogP contribution in [0.4, 0.5) is 9.59 Å². The summed E-state index contributed by atoms with van der Waals surface area (Å²) >= 11 is 0. The minimum atomic E-state index is -0.884. The molecule has 2 rings (SSSR count). The summed E-state index contributed by atoms with van der Waals surface area (Å²) in [7, 11) is 0. The van der Waals surface area contributed by atoms with Gasteiger partial charge in [0.25, 0.3) is 5.91 Å². The van der Waals surface area contributed by atoms with E-state index in [4.69, 9.17) is 4.74 Å². The molecular weight excluding hydrogens is 328 g/mol. The van der Waals surface area contributed by atoms with Gasteiger partial charge in [0.1, 0.15) is 5.54 Å². The average Bonchev–Trinajstić information content (AvgIpc) is 2.76. The van der Waals surface area contributed by atoms with Gasteiger partial charge >= 0.3 is 12.1 Å². The smallest absolute Gasteiger partial charge is 0.409 e. The Morgan fingerprint density at radius 2 is 1.72 bits per heavy atom. The predicted molar refractivity (Wildman–Crippen MR) is 88.7 cm³/mol. The molecule has 0 atom stereocenters. The van der Waals surface area contributed by atoms with Crippen molar-refractivity contribution in [2.45, 2.75) is 39.2 Å². The molecule has 9 nitrogen and oxygen atoms in total. The number of ether oxygens (including phenoxy) is 1. The molecule has 0 unspecified atom stereocenters. The lowest BCUT2D eigenvalue weighted by Crippen LogP contribution is -2.50. The Morgan fingerprint density at radius 1 is 1.12 bits per heavy atom. The molecule has 0 radical (unpaired) electrons. The molecule has 2 heterocycles. The Balaban J connectivity index is 1.72. The molecule has 0 aliphatic carbocycles. The van der Waals surface area contributed by atoms with Gasteiger partial charge in [-0.3, -0.25) is 14.5 Å². The molecule has 0 aromatic heterocycles. The van der Waals surface area contributed by atoms with Gasteiger partial charge in [0.15, 0.2) is 0 Å². The summed E-state index contributed by atoms with van der Waals surface area (Å²) in [5, 5.41) is 2.61. The van der Waals surface area contributed by atoms with Crippen molar-refractivity contribution in [1.29, 1.82) is 0 Å². The molecule has 0 bridgehead atoms. The van der Waals surface area contributed by atoms with Gasteiger partial charge in [-0.2, -0.15) is 0 Å². The Kier molecular flexibility index (Phi) is 5.86. The number of urea groups is 1. The van der Waals surface area contributed by atoms with Gasteiger partial charge in [-0.15, -0.1) is 0 Å². The third-order valence-electron chi connectivity index (χ3n) is 4.38. The summed E-state index contributed by atoms with van der Waals surface area (Å²) in [6.45, 7) is 7.45. The van der Waals surface area contributed by atoms with E-state index in [1.165, 1.54) is 0 Å². The first-order valence-electron chi connectivity index (χ1n) is 8.60. The summed E-state index contributed by atoms with van der Waals surface area (Å²) in [6, 6.07) is -0.412. The van der Waals surface area contributed by atoms with Crippen LogP contribution in [0.2, 0.25) is 0 Å². The van der Waals surface area contributed by atoms with Crippen molar-refractivity contribution in [1.82, 2.24) is 20.0 Å². The molecule has 0 spiro atoms. The molecule has 25 heavy (non-hydrogen) atoms. The zero-order valence-electron chi connectivity index (χ0n) is 15.0. The normalized spacial score (nSPS) is 19.9. The lowest BCUT2D eigenvalue weighted by molar-refractivity contribution is -0.134. The Bertz CT molecular complexity index is 555. The first-order valence-corrected chi connectivity index (χ1v) is 8.60. The number of nitrogens with zero attached hydrogens (tertiary/aromatic N) is 3. The highest BCUT2D eigenvalue weighted by molar-refractivity contribution is 6.06. The molecule has 0 saturated carbocycles. The van der Waals surface area contributed by atoms with Gasteiger partial charge in [0, 0.05) is 39.1 Å². The SMILES string of the molecule is CCOC(=O)N1CCN(C(=O)CCCN2C(=O)NC(C)(C)C2=O)CC1. The summed E-state index contributed by atoms with van der Waals surface area (Å²) in [4.78, 5) is 52.2. The lowest BCUT2D eigenvalue weighted by Gasteiger charge is -2.34. The monoisotopic (exact) mass is 354 g/mol. The minimum Gasteiger partial charge on any atom is -0.450 e. The molecule has 2 aliphatic rings. The van der Waals surface area contributed by atoms with E-state index in [9.17, 15) is 19.2 Å². The largest absolute Gasteiger partial charge is 0.450 e. The fraction of sp³-hybridized carbons (Fsp3) is 0.750. The van der Waals surface area contributed by atoms with E-state index < -0.39 is 11.6 Å². The second-order valence-electron chi connectivity index (χ2n) is 6.68. The van der Waals surface area contributed by atoms with Crippen molar-refractivity contribution >= 4 is 23.9 Å². The van der Waals surface area contributed by atoms with Crippen molar-refractivity contribution in [2.75, 3.05) is 39.3 Å². The number of hydrogen-bond donors (Lipinski definition) is 1. The van der Waals surface area contributed by atoms with Gasteiger partial charge in [-0.1, -0.05) is 0 Å². The van der Waals surface area contributed by atoms with E-state index in [0.29, 0.717) is 39.2 Å². The van der Waals surface area contributed by atoms with Crippen LogP contribution in [-0.2, 0) is 14.3 Å². The maximum Gasteiger partial charge on any atom is 0.409 e. The molecule has 9 heteroatoms. The number of carbonyl (C=O) groups excluding carboxylic acids is 4. The molecule has 2 saturated heterocycles. The van der Waals surface area contributed by atoms with Crippen molar-refractivity contribution in [3.8, 4) is 0 Å². The van der Waals surface area contributed by atoms with E-state index in [2.05, 4.69) is 5.32 Å². The number of carbonyl (C=O) groups is 4. The third kappa shape index (κ3) is 4.40. The molecular formula is C16H26N4O5. The number of imide groups is 1. The average molecular weight is 354 g/mol. The Morgan fingerprint density at radius 3 is 2.24 bits per heavy atom. The number of hydrogen-bond acceptors (Lipinski definition) is 5. The quantitative estimate of drug-likeness (QED) is 0.721. The molecule has 5 amide bonds. The van der Waals surface area contributed by atoms with Gasteiger partial charge < -0.3 is 19.9 Å². The van der Waals surface area contributed by atoms with Gasteiger partial charge in [0.05, 0.1) is 6.61 Å². The fourth-order valence-electron chi connectivity index (χ4n) is 2.92. The van der Waals surface area contributed by atoms with E-state index in [-0.39, 0.29) is 30.9 Å². The number of piperazine rings is 1. The highest BCUT2D eigenvalue weighted by Gasteiger charge is 2.43. The molecule has 0 aromatic rings. The topological polar surface area (TPSA) is 99.3 Å². The lowest BCUT2D eigenvalue weighted by atomic mass is 10.1. The van der Waals surface area contributed by atoms with Gasteiger partial charge in [-0.05, 0) is 27.2 Å². The van der Waals surface area contributed by atoms with Crippen LogP contribution in [0.1, 0.15) is 33.6 Å². The second-order valence-corrected chi connectivity index (χ2v) is 6.68. The number of amides is 5. The van der Waals surface area contributed by atoms with Gasteiger partial charge in [-0.25, -0.2) is 9.59 Å². The van der Waals surface area contributed by atoms with Crippen LogP contribution in [0.3, 0.4) is 0 Å². The van der Waals surface area contributed by atoms with Crippen LogP contribution in [0, 0.1) is 0 Å². The molecule has 0 aromatic carbocycles. The third-order valence-corrected chi connectivity index (χ3v) is 4.38. The second kappa shape index (κ2) is 7.71. The fourth-order valence-corrected chi connectivity index (χ4v) is 2.92. The van der Waals surface area contributed by atoms with Crippen LogP contribution < -0.4 is 5.32 Å². The molecule has 140 valence electrons. The zero-order chi connectivity index (χ0) is 18.6. The maximum absolute atomic E-state index is 12.3. The summed E-state index contributed by atoms with van der Waals surface area (Å²) in [6.07, 6.45) is 0.332. The van der Waals surface area contributed by atoms with Crippen LogP contribution in [-0.4, -0.2) is 83.5 Å². The Hall–Kier alpha value is -2.32. The van der Waals surface area contributed by atoms with Crippen molar-refractivity contribution in [3.05, 3.63) is 0 Å². The van der Waals surface area contributed by atoms with Crippen LogP contribution in [0.25, 0.3) is 0 Å². The standard InChI is InChI=1S/C16H26N4O5/c1-4-25-15(24)19-10-8-18(9-11-19)12(21)6-5-7-20-13(22)16(2,3)17-14(20)23/h4-11H2,1-3H3,(H,17,23). The minimum absolute atomic E-state index is 0.0326. The summed E-state index contributed by atoms with van der Waals surface area (Å²) < 4.78 is 4.94. The van der Waals surface area contributed by atoms with E-state index in [0.717, 1.165) is 4.90 Å². The van der Waals surface area contributed by atoms with Crippen LogP contribution in [0.5, 0.6) is 0 Å². The van der Waals surface area contributed by atoms with Crippen molar-refractivity contribution in [3.63, 3.8) is 0 Å². The van der Waals surface area contributed by atoms with E-state index >= 15 is 0 Å². The summed E-state index contributed by atoms with van der Waals surface area (Å²) in [5.74, 6) is -0.303. The molecule has 2 aliphatic heterocycles. The molecule has 2 fully saturated rings.